The van der Waals surface area contributed by atoms with Crippen molar-refractivity contribution in [2.24, 2.45) is 0 Å². The third-order valence-electron chi connectivity index (χ3n) is 3.21. The zero-order chi connectivity index (χ0) is 17.1. The van der Waals surface area contributed by atoms with E-state index in [9.17, 15) is 14.9 Å². The number of hydrogen-bond donors (Lipinski definition) is 0. The number of rotatable bonds is 5. The largest absolute Gasteiger partial charge is 0.462 e. The van der Waals surface area contributed by atoms with Crippen molar-refractivity contribution in [3.63, 3.8) is 0 Å². The number of esters is 1. The molecule has 24 heavy (non-hydrogen) atoms. The molecule has 0 atom stereocenters. The molecule has 2 aromatic heterocycles. The van der Waals surface area contributed by atoms with Gasteiger partial charge in [0.05, 0.1) is 17.2 Å². The van der Waals surface area contributed by atoms with E-state index in [2.05, 4.69) is 4.98 Å². The van der Waals surface area contributed by atoms with Gasteiger partial charge in [0.25, 0.3) is 5.69 Å². The molecule has 3 aromatic rings. The minimum absolute atomic E-state index is 0.0129. The summed E-state index contributed by atoms with van der Waals surface area (Å²) in [5, 5.41) is 15.2. The molecule has 0 aliphatic heterocycles. The summed E-state index contributed by atoms with van der Waals surface area (Å²) in [7, 11) is 0. The number of thiazole rings is 1. The summed E-state index contributed by atoms with van der Waals surface area (Å²) in [6.45, 7) is 2.03. The number of carbonyl (C=O) groups is 1. The van der Waals surface area contributed by atoms with Crippen molar-refractivity contribution in [3.05, 3.63) is 56.1 Å². The number of nitro groups is 1. The van der Waals surface area contributed by atoms with Crippen molar-refractivity contribution in [2.45, 2.75) is 6.92 Å². The first-order chi connectivity index (χ1) is 11.6. The van der Waals surface area contributed by atoms with Crippen LogP contribution in [0.5, 0.6) is 0 Å². The Hall–Kier alpha value is -2.58. The van der Waals surface area contributed by atoms with Crippen LogP contribution in [-0.4, -0.2) is 22.5 Å². The molecule has 0 radical (unpaired) electrons. The molecule has 6 nitrogen and oxygen atoms in total. The van der Waals surface area contributed by atoms with Gasteiger partial charge in [0, 0.05) is 28.6 Å². The highest BCUT2D eigenvalue weighted by atomic mass is 32.1. The molecule has 1 aromatic carbocycles. The maximum absolute atomic E-state index is 12.2. The van der Waals surface area contributed by atoms with Crippen LogP contribution in [0, 0.1) is 10.1 Å². The molecular weight excluding hydrogens is 348 g/mol. The van der Waals surface area contributed by atoms with Gasteiger partial charge in [0.15, 0.2) is 0 Å². The number of nitrogens with zero attached hydrogens (tertiary/aromatic N) is 2. The number of benzene rings is 1. The van der Waals surface area contributed by atoms with E-state index >= 15 is 0 Å². The fraction of sp³-hybridized carbons (Fsp3) is 0.125. The number of aromatic nitrogens is 1. The van der Waals surface area contributed by atoms with Gasteiger partial charge in [-0.05, 0) is 30.5 Å². The molecule has 0 bridgehead atoms. The van der Waals surface area contributed by atoms with E-state index < -0.39 is 10.9 Å². The molecule has 0 fully saturated rings. The first-order valence-electron chi connectivity index (χ1n) is 7.05. The van der Waals surface area contributed by atoms with Crippen LogP contribution in [0.3, 0.4) is 0 Å². The van der Waals surface area contributed by atoms with Crippen LogP contribution in [0.15, 0.2) is 41.1 Å². The Balaban J connectivity index is 2.04. The van der Waals surface area contributed by atoms with E-state index in [1.54, 1.807) is 19.1 Å². The molecule has 0 saturated heterocycles. The molecule has 0 amide bonds. The molecule has 0 aliphatic rings. The summed E-state index contributed by atoms with van der Waals surface area (Å²) >= 11 is 2.74. The molecule has 0 unspecified atom stereocenters. The van der Waals surface area contributed by atoms with Gasteiger partial charge in [-0.25, -0.2) is 9.78 Å². The zero-order valence-electron chi connectivity index (χ0n) is 12.6. The topological polar surface area (TPSA) is 82.3 Å². The van der Waals surface area contributed by atoms with Crippen LogP contribution in [-0.2, 0) is 4.74 Å². The number of thiophene rings is 1. The van der Waals surface area contributed by atoms with Crippen LogP contribution >= 0.6 is 22.7 Å². The van der Waals surface area contributed by atoms with E-state index in [0.717, 1.165) is 11.1 Å². The maximum Gasteiger partial charge on any atom is 0.350 e. The maximum atomic E-state index is 12.2. The lowest BCUT2D eigenvalue weighted by Gasteiger charge is -2.00. The van der Waals surface area contributed by atoms with Crippen molar-refractivity contribution in [2.75, 3.05) is 6.61 Å². The Bertz CT molecular complexity index is 870. The van der Waals surface area contributed by atoms with Crippen LogP contribution in [0.1, 0.15) is 16.6 Å². The second-order valence-corrected chi connectivity index (χ2v) is 6.51. The van der Waals surface area contributed by atoms with Crippen molar-refractivity contribution in [3.8, 4) is 21.8 Å². The number of non-ortho nitro benzene ring substituents is 1. The summed E-state index contributed by atoms with van der Waals surface area (Å²) in [6.07, 6.45) is 0. The highest BCUT2D eigenvalue weighted by molar-refractivity contribution is 7.17. The first-order valence-corrected chi connectivity index (χ1v) is 8.81. The molecule has 0 saturated carbocycles. The lowest BCUT2D eigenvalue weighted by Crippen LogP contribution is -2.03. The second-order valence-electron chi connectivity index (χ2n) is 4.73. The molecule has 0 aliphatic carbocycles. The fourth-order valence-electron chi connectivity index (χ4n) is 2.10. The Labute approximate surface area is 145 Å². The quantitative estimate of drug-likeness (QED) is 0.376. The predicted octanol–water partition coefficient (Wildman–Crippen LogP) is 4.62. The molecule has 3 rings (SSSR count). The van der Waals surface area contributed by atoms with Crippen molar-refractivity contribution >= 4 is 34.3 Å². The molecular formula is C16H12N2O4S2. The lowest BCUT2D eigenvalue weighted by molar-refractivity contribution is -0.384. The average molecular weight is 360 g/mol. The Kier molecular flexibility index (Phi) is 4.68. The van der Waals surface area contributed by atoms with Gasteiger partial charge in [-0.3, -0.25) is 10.1 Å². The van der Waals surface area contributed by atoms with E-state index in [0.29, 0.717) is 15.6 Å². The van der Waals surface area contributed by atoms with E-state index in [1.165, 1.54) is 34.8 Å². The van der Waals surface area contributed by atoms with Gasteiger partial charge in [0.1, 0.15) is 9.88 Å². The third-order valence-corrected chi connectivity index (χ3v) is 4.98. The van der Waals surface area contributed by atoms with Crippen LogP contribution in [0.4, 0.5) is 5.69 Å². The van der Waals surface area contributed by atoms with Crippen molar-refractivity contribution in [1.29, 1.82) is 0 Å². The summed E-state index contributed by atoms with van der Waals surface area (Å²) in [5.74, 6) is -0.413. The number of nitro benzene ring substituents is 1. The Morgan fingerprint density at radius 3 is 2.58 bits per heavy atom. The molecule has 8 heteroatoms. The Morgan fingerprint density at radius 2 is 2.00 bits per heavy atom. The molecule has 0 spiro atoms. The fourth-order valence-corrected chi connectivity index (χ4v) is 3.73. The van der Waals surface area contributed by atoms with E-state index in [-0.39, 0.29) is 12.3 Å². The van der Waals surface area contributed by atoms with Crippen molar-refractivity contribution < 1.29 is 14.5 Å². The van der Waals surface area contributed by atoms with Gasteiger partial charge in [-0.2, -0.15) is 11.3 Å². The standard InChI is InChI=1S/C16H12N2O4S2/c1-2-22-16(19)14-13(11-7-8-23-9-11)17-15(24-14)10-3-5-12(6-4-10)18(20)21/h3-9H,2H2,1H3. The highest BCUT2D eigenvalue weighted by Crippen LogP contribution is 2.35. The van der Waals surface area contributed by atoms with Gasteiger partial charge in [-0.1, -0.05) is 0 Å². The van der Waals surface area contributed by atoms with Crippen LogP contribution in [0.25, 0.3) is 21.8 Å². The summed E-state index contributed by atoms with van der Waals surface area (Å²) in [6, 6.07) is 7.99. The highest BCUT2D eigenvalue weighted by Gasteiger charge is 2.21. The monoisotopic (exact) mass is 360 g/mol. The van der Waals surface area contributed by atoms with Crippen LogP contribution in [0.2, 0.25) is 0 Å². The van der Waals surface area contributed by atoms with E-state index in [1.807, 2.05) is 16.8 Å². The smallest absolute Gasteiger partial charge is 0.350 e. The number of ether oxygens (including phenoxy) is 1. The number of carbonyl (C=O) groups excluding carboxylic acids is 1. The van der Waals surface area contributed by atoms with Crippen molar-refractivity contribution in [1.82, 2.24) is 4.98 Å². The minimum atomic E-state index is -0.452. The summed E-state index contributed by atoms with van der Waals surface area (Å²) < 4.78 is 5.11. The number of hydrogen-bond acceptors (Lipinski definition) is 7. The minimum Gasteiger partial charge on any atom is -0.462 e. The zero-order valence-corrected chi connectivity index (χ0v) is 14.2. The van der Waals surface area contributed by atoms with E-state index in [4.69, 9.17) is 4.74 Å². The third kappa shape index (κ3) is 3.19. The first kappa shape index (κ1) is 16.3. The average Bonchev–Trinajstić information content (AvgIpc) is 3.24. The molecule has 2 heterocycles. The van der Waals surface area contributed by atoms with Gasteiger partial charge in [0.2, 0.25) is 0 Å². The second kappa shape index (κ2) is 6.90. The molecule has 122 valence electrons. The Morgan fingerprint density at radius 1 is 1.25 bits per heavy atom. The SMILES string of the molecule is CCOC(=O)c1sc(-c2ccc([N+](=O)[O-])cc2)nc1-c1ccsc1. The predicted molar refractivity (Wildman–Crippen MR) is 93.5 cm³/mol. The lowest BCUT2D eigenvalue weighted by atomic mass is 10.2. The van der Waals surface area contributed by atoms with Gasteiger partial charge in [-0.15, -0.1) is 11.3 Å². The van der Waals surface area contributed by atoms with Gasteiger partial charge < -0.3 is 4.74 Å². The normalized spacial score (nSPS) is 10.5. The summed E-state index contributed by atoms with van der Waals surface area (Å²) in [5.41, 5.74) is 2.16. The summed E-state index contributed by atoms with van der Waals surface area (Å²) in [4.78, 5) is 27.5. The van der Waals surface area contributed by atoms with Crippen LogP contribution < -0.4 is 0 Å². The van der Waals surface area contributed by atoms with Gasteiger partial charge >= 0.3 is 5.97 Å². The molecule has 0 N–H and O–H groups in total.